The fourth-order valence-electron chi connectivity index (χ4n) is 1.97. The molecule has 0 aliphatic heterocycles. The summed E-state index contributed by atoms with van der Waals surface area (Å²) >= 11 is 0. The van der Waals surface area contributed by atoms with Gasteiger partial charge >= 0.3 is 12.0 Å². The highest BCUT2D eigenvalue weighted by atomic mass is 16.4. The molecule has 6 heteroatoms. The number of carbonyl (C=O) groups is 2. The molecule has 0 bridgehead atoms. The van der Waals surface area contributed by atoms with Crippen molar-refractivity contribution in [3.63, 3.8) is 0 Å². The molecule has 1 N–H and O–H groups in total. The van der Waals surface area contributed by atoms with E-state index in [-0.39, 0.29) is 25.0 Å². The molecule has 0 spiro atoms. The number of carboxylic acid groups (broad SMARTS) is 1. The van der Waals surface area contributed by atoms with Gasteiger partial charge in [-0.15, -0.1) is 0 Å². The van der Waals surface area contributed by atoms with Crippen molar-refractivity contribution in [2.24, 2.45) is 0 Å². The van der Waals surface area contributed by atoms with Crippen LogP contribution in [-0.2, 0) is 11.3 Å². The standard InChI is InChI=1S/C15H23N3O3/c1-4-17(11-13-7-5-6-9-16-13)15(21)18(12(2)3)10-8-14(19)20/h5-7,9,12H,4,8,10-11H2,1-3H3,(H,19,20). The molecule has 116 valence electrons. The second-order valence-electron chi connectivity index (χ2n) is 5.05. The van der Waals surface area contributed by atoms with Crippen LogP contribution in [-0.4, -0.2) is 51.0 Å². The van der Waals surface area contributed by atoms with E-state index in [9.17, 15) is 9.59 Å². The summed E-state index contributed by atoms with van der Waals surface area (Å²) in [5, 5.41) is 8.80. The molecule has 0 aromatic carbocycles. The predicted molar refractivity (Wildman–Crippen MR) is 79.8 cm³/mol. The summed E-state index contributed by atoms with van der Waals surface area (Å²) < 4.78 is 0. The van der Waals surface area contributed by atoms with Gasteiger partial charge < -0.3 is 14.9 Å². The lowest BCUT2D eigenvalue weighted by Gasteiger charge is -2.32. The first kappa shape index (κ1) is 16.9. The lowest BCUT2D eigenvalue weighted by Crippen LogP contribution is -2.47. The minimum atomic E-state index is -0.902. The summed E-state index contributed by atoms with van der Waals surface area (Å²) in [5.74, 6) is -0.902. The number of rotatable bonds is 7. The van der Waals surface area contributed by atoms with E-state index in [4.69, 9.17) is 5.11 Å². The van der Waals surface area contributed by atoms with Gasteiger partial charge in [0, 0.05) is 25.3 Å². The van der Waals surface area contributed by atoms with Crippen molar-refractivity contribution in [2.75, 3.05) is 13.1 Å². The topological polar surface area (TPSA) is 73.7 Å². The fourth-order valence-corrected chi connectivity index (χ4v) is 1.97. The number of aromatic nitrogens is 1. The molecular formula is C15H23N3O3. The smallest absolute Gasteiger partial charge is 0.320 e. The number of hydrogen-bond donors (Lipinski definition) is 1. The SMILES string of the molecule is CCN(Cc1ccccn1)C(=O)N(CCC(=O)O)C(C)C. The van der Waals surface area contributed by atoms with Gasteiger partial charge in [-0.25, -0.2) is 4.79 Å². The Hall–Kier alpha value is -2.11. The van der Waals surface area contributed by atoms with Crippen LogP contribution in [0.15, 0.2) is 24.4 Å². The van der Waals surface area contributed by atoms with Crippen LogP contribution in [0.4, 0.5) is 4.79 Å². The van der Waals surface area contributed by atoms with Crippen LogP contribution >= 0.6 is 0 Å². The van der Waals surface area contributed by atoms with E-state index in [1.165, 1.54) is 0 Å². The fraction of sp³-hybridized carbons (Fsp3) is 0.533. The third kappa shape index (κ3) is 5.41. The van der Waals surface area contributed by atoms with E-state index in [1.807, 2.05) is 39.0 Å². The molecule has 6 nitrogen and oxygen atoms in total. The Balaban J connectivity index is 2.76. The summed E-state index contributed by atoms with van der Waals surface area (Å²) in [4.78, 5) is 30.8. The van der Waals surface area contributed by atoms with E-state index in [0.717, 1.165) is 5.69 Å². The van der Waals surface area contributed by atoms with Crippen molar-refractivity contribution in [1.82, 2.24) is 14.8 Å². The highest BCUT2D eigenvalue weighted by Gasteiger charge is 2.23. The first-order valence-corrected chi connectivity index (χ1v) is 7.13. The average Bonchev–Trinajstić information content (AvgIpc) is 2.45. The monoisotopic (exact) mass is 293 g/mol. The number of amides is 2. The molecule has 1 heterocycles. The van der Waals surface area contributed by atoms with Crippen molar-refractivity contribution < 1.29 is 14.7 Å². The molecule has 0 atom stereocenters. The molecule has 2 amide bonds. The van der Waals surface area contributed by atoms with Crippen LogP contribution < -0.4 is 0 Å². The average molecular weight is 293 g/mol. The van der Waals surface area contributed by atoms with Crippen LogP contribution in [0, 0.1) is 0 Å². The normalized spacial score (nSPS) is 10.5. The lowest BCUT2D eigenvalue weighted by atomic mass is 10.3. The van der Waals surface area contributed by atoms with E-state index in [1.54, 1.807) is 16.0 Å². The Morgan fingerprint density at radius 1 is 1.33 bits per heavy atom. The Kier molecular flexibility index (Phi) is 6.65. The zero-order chi connectivity index (χ0) is 15.8. The van der Waals surface area contributed by atoms with Crippen LogP contribution in [0.3, 0.4) is 0 Å². The van der Waals surface area contributed by atoms with E-state index in [0.29, 0.717) is 13.1 Å². The van der Waals surface area contributed by atoms with Crippen molar-refractivity contribution >= 4 is 12.0 Å². The van der Waals surface area contributed by atoms with E-state index in [2.05, 4.69) is 4.98 Å². The van der Waals surface area contributed by atoms with Gasteiger partial charge in [-0.05, 0) is 32.9 Å². The van der Waals surface area contributed by atoms with Crippen LogP contribution in [0.2, 0.25) is 0 Å². The Bertz CT molecular complexity index is 462. The maximum absolute atomic E-state index is 12.6. The molecule has 0 aliphatic rings. The quantitative estimate of drug-likeness (QED) is 0.836. The molecule has 21 heavy (non-hydrogen) atoms. The molecular weight excluding hydrogens is 270 g/mol. The van der Waals surface area contributed by atoms with Crippen LogP contribution in [0.1, 0.15) is 32.9 Å². The molecule has 1 aromatic heterocycles. The van der Waals surface area contributed by atoms with Crippen molar-refractivity contribution in [3.8, 4) is 0 Å². The molecule has 0 saturated carbocycles. The lowest BCUT2D eigenvalue weighted by molar-refractivity contribution is -0.137. The number of carbonyl (C=O) groups excluding carboxylic acids is 1. The summed E-state index contributed by atoms with van der Waals surface area (Å²) in [6, 6.07) is 5.38. The highest BCUT2D eigenvalue weighted by Crippen LogP contribution is 2.09. The molecule has 0 saturated heterocycles. The third-order valence-electron chi connectivity index (χ3n) is 3.17. The van der Waals surface area contributed by atoms with Gasteiger partial charge in [0.2, 0.25) is 0 Å². The van der Waals surface area contributed by atoms with E-state index >= 15 is 0 Å². The molecule has 0 aliphatic carbocycles. The first-order valence-electron chi connectivity index (χ1n) is 7.13. The summed E-state index contributed by atoms with van der Waals surface area (Å²) in [6.07, 6.45) is 1.64. The maximum atomic E-state index is 12.6. The first-order chi connectivity index (χ1) is 9.95. The second-order valence-corrected chi connectivity index (χ2v) is 5.05. The third-order valence-corrected chi connectivity index (χ3v) is 3.17. The number of carboxylic acids is 1. The number of pyridine rings is 1. The van der Waals surface area contributed by atoms with E-state index < -0.39 is 5.97 Å². The number of hydrogen-bond acceptors (Lipinski definition) is 3. The van der Waals surface area contributed by atoms with Gasteiger partial charge in [-0.2, -0.15) is 0 Å². The van der Waals surface area contributed by atoms with Gasteiger partial charge in [0.15, 0.2) is 0 Å². The zero-order valence-electron chi connectivity index (χ0n) is 12.8. The van der Waals surface area contributed by atoms with Crippen molar-refractivity contribution in [2.45, 2.75) is 39.8 Å². The minimum absolute atomic E-state index is 0.0466. The van der Waals surface area contributed by atoms with Crippen molar-refractivity contribution in [3.05, 3.63) is 30.1 Å². The molecule has 1 aromatic rings. The summed E-state index contributed by atoms with van der Waals surface area (Å²) in [5.41, 5.74) is 0.814. The van der Waals surface area contributed by atoms with Gasteiger partial charge in [-0.3, -0.25) is 9.78 Å². The molecule has 0 radical (unpaired) electrons. The van der Waals surface area contributed by atoms with Crippen LogP contribution in [0.25, 0.3) is 0 Å². The zero-order valence-corrected chi connectivity index (χ0v) is 12.8. The molecule has 0 fully saturated rings. The Morgan fingerprint density at radius 2 is 2.05 bits per heavy atom. The summed E-state index contributed by atoms with van der Waals surface area (Å²) in [7, 11) is 0. The van der Waals surface area contributed by atoms with Crippen molar-refractivity contribution in [1.29, 1.82) is 0 Å². The van der Waals surface area contributed by atoms with Gasteiger partial charge in [0.1, 0.15) is 0 Å². The second kappa shape index (κ2) is 8.24. The van der Waals surface area contributed by atoms with Gasteiger partial charge in [-0.1, -0.05) is 6.07 Å². The number of nitrogens with zero attached hydrogens (tertiary/aromatic N) is 3. The minimum Gasteiger partial charge on any atom is -0.481 e. The largest absolute Gasteiger partial charge is 0.481 e. The van der Waals surface area contributed by atoms with Gasteiger partial charge in [0.05, 0.1) is 18.7 Å². The summed E-state index contributed by atoms with van der Waals surface area (Å²) in [6.45, 7) is 6.85. The van der Waals surface area contributed by atoms with Gasteiger partial charge in [0.25, 0.3) is 0 Å². The molecule has 1 rings (SSSR count). The maximum Gasteiger partial charge on any atom is 0.320 e. The van der Waals surface area contributed by atoms with Crippen LogP contribution in [0.5, 0.6) is 0 Å². The molecule has 0 unspecified atom stereocenters. The Labute approximate surface area is 125 Å². The predicted octanol–water partition coefficient (Wildman–Crippen LogP) is 2.21. The highest BCUT2D eigenvalue weighted by molar-refractivity contribution is 5.75. The Morgan fingerprint density at radius 3 is 2.52 bits per heavy atom. The number of urea groups is 1. The number of aliphatic carboxylic acids is 1.